The number of rotatable bonds is 6. The number of nitrogens with zero attached hydrogens (tertiary/aromatic N) is 4. The summed E-state index contributed by atoms with van der Waals surface area (Å²) >= 11 is 9.78. The fourth-order valence-corrected chi connectivity index (χ4v) is 4.72. The lowest BCUT2D eigenvalue weighted by Crippen LogP contribution is -2.25. The van der Waals surface area contributed by atoms with Crippen LogP contribution in [0, 0.1) is 11.3 Å². The molecule has 0 N–H and O–H groups in total. The van der Waals surface area contributed by atoms with Crippen molar-refractivity contribution >= 4 is 44.6 Å². The molecular formula is C24H22BrClN4O3. The molecule has 33 heavy (non-hydrogen) atoms. The van der Waals surface area contributed by atoms with Gasteiger partial charge in [-0.1, -0.05) is 46.8 Å². The van der Waals surface area contributed by atoms with Gasteiger partial charge in [0.05, 0.1) is 29.2 Å². The van der Waals surface area contributed by atoms with Crippen LogP contribution in [0.25, 0.3) is 10.9 Å². The molecule has 1 heterocycles. The Hall–Kier alpha value is -2.89. The van der Waals surface area contributed by atoms with Crippen molar-refractivity contribution in [1.82, 2.24) is 9.66 Å². The van der Waals surface area contributed by atoms with Crippen LogP contribution in [0.2, 0.25) is 5.02 Å². The SMILES string of the molecule is COc1cc(C=Nn2c(C3CCCCC3)nc3ccc(Br)cc3c2=O)cc(Cl)c1OCC#N. The molecule has 9 heteroatoms. The van der Waals surface area contributed by atoms with Crippen LogP contribution >= 0.6 is 27.5 Å². The van der Waals surface area contributed by atoms with Crippen molar-refractivity contribution < 1.29 is 9.47 Å². The number of hydrogen-bond donors (Lipinski definition) is 0. The number of aromatic nitrogens is 2. The first-order valence-corrected chi connectivity index (χ1v) is 11.8. The molecule has 1 saturated carbocycles. The Kier molecular flexibility index (Phi) is 7.31. The maximum atomic E-state index is 13.4. The van der Waals surface area contributed by atoms with Crippen LogP contribution in [0.15, 0.2) is 44.7 Å². The summed E-state index contributed by atoms with van der Waals surface area (Å²) in [6.07, 6.45) is 6.94. The Morgan fingerprint density at radius 2 is 2.09 bits per heavy atom. The van der Waals surface area contributed by atoms with Gasteiger partial charge in [0.2, 0.25) is 0 Å². The van der Waals surface area contributed by atoms with Crippen LogP contribution in [-0.2, 0) is 0 Å². The van der Waals surface area contributed by atoms with Crippen LogP contribution in [0.4, 0.5) is 0 Å². The molecule has 2 aromatic carbocycles. The second-order valence-electron chi connectivity index (χ2n) is 7.81. The fraction of sp³-hybridized carbons (Fsp3) is 0.333. The molecule has 1 aliphatic rings. The van der Waals surface area contributed by atoms with Gasteiger partial charge in [-0.05, 0) is 48.7 Å². The summed E-state index contributed by atoms with van der Waals surface area (Å²) in [5.41, 5.74) is 1.07. The van der Waals surface area contributed by atoms with Crippen molar-refractivity contribution in [3.05, 3.63) is 61.6 Å². The van der Waals surface area contributed by atoms with Crippen molar-refractivity contribution in [2.24, 2.45) is 5.10 Å². The molecule has 7 nitrogen and oxygen atoms in total. The Morgan fingerprint density at radius 1 is 1.30 bits per heavy atom. The second-order valence-corrected chi connectivity index (χ2v) is 9.13. The smallest absolute Gasteiger partial charge is 0.282 e. The van der Waals surface area contributed by atoms with Crippen molar-refractivity contribution in [2.45, 2.75) is 38.0 Å². The summed E-state index contributed by atoms with van der Waals surface area (Å²) in [5, 5.41) is 14.1. The van der Waals surface area contributed by atoms with Gasteiger partial charge in [-0.15, -0.1) is 0 Å². The lowest BCUT2D eigenvalue weighted by Gasteiger charge is -2.22. The molecule has 0 unspecified atom stereocenters. The van der Waals surface area contributed by atoms with E-state index in [4.69, 9.17) is 31.3 Å². The molecule has 0 bridgehead atoms. The lowest BCUT2D eigenvalue weighted by atomic mass is 9.88. The molecule has 0 amide bonds. The minimum Gasteiger partial charge on any atom is -0.493 e. The summed E-state index contributed by atoms with van der Waals surface area (Å²) in [5.74, 6) is 1.52. The number of methoxy groups -OCH3 is 1. The van der Waals surface area contributed by atoms with E-state index in [-0.39, 0.29) is 28.9 Å². The number of ether oxygens (including phenoxy) is 2. The molecule has 3 aromatic rings. The molecule has 0 aliphatic heterocycles. The zero-order chi connectivity index (χ0) is 23.4. The largest absolute Gasteiger partial charge is 0.493 e. The van der Waals surface area contributed by atoms with Crippen molar-refractivity contribution in [2.75, 3.05) is 13.7 Å². The van der Waals surface area contributed by atoms with Gasteiger partial charge in [-0.3, -0.25) is 4.79 Å². The molecule has 0 radical (unpaired) electrons. The number of benzene rings is 2. The van der Waals surface area contributed by atoms with Crippen LogP contribution in [0.5, 0.6) is 11.5 Å². The van der Waals surface area contributed by atoms with Gasteiger partial charge in [0.25, 0.3) is 5.56 Å². The molecule has 0 saturated heterocycles. The third-order valence-corrected chi connectivity index (χ3v) is 6.43. The van der Waals surface area contributed by atoms with E-state index >= 15 is 0 Å². The average molecular weight is 530 g/mol. The number of nitriles is 1. The Bertz CT molecular complexity index is 1310. The van der Waals surface area contributed by atoms with Gasteiger partial charge in [0, 0.05) is 10.4 Å². The minimum atomic E-state index is -0.217. The lowest BCUT2D eigenvalue weighted by molar-refractivity contribution is 0.330. The van der Waals surface area contributed by atoms with Crippen LogP contribution in [0.1, 0.15) is 49.4 Å². The van der Waals surface area contributed by atoms with Crippen molar-refractivity contribution in [3.63, 3.8) is 0 Å². The average Bonchev–Trinajstić information content (AvgIpc) is 2.83. The standard InChI is InChI=1S/C24H22BrClN4O3/c1-32-21-12-15(11-19(26)22(21)33-10-9-27)14-28-30-23(16-5-3-2-4-6-16)29-20-8-7-17(25)13-18(20)24(30)31/h7-8,11-14,16H,2-6,10H2,1H3. The highest BCUT2D eigenvalue weighted by Crippen LogP contribution is 2.36. The predicted molar refractivity (Wildman–Crippen MR) is 132 cm³/mol. The van der Waals surface area contributed by atoms with E-state index in [0.717, 1.165) is 30.2 Å². The molecule has 170 valence electrons. The van der Waals surface area contributed by atoms with Gasteiger partial charge in [0.1, 0.15) is 11.9 Å². The Morgan fingerprint density at radius 3 is 2.82 bits per heavy atom. The minimum absolute atomic E-state index is 0.151. The quantitative estimate of drug-likeness (QED) is 0.385. The van der Waals surface area contributed by atoms with Gasteiger partial charge in [-0.25, -0.2) is 4.98 Å². The van der Waals surface area contributed by atoms with Gasteiger partial charge < -0.3 is 9.47 Å². The second kappa shape index (κ2) is 10.4. The molecule has 0 atom stereocenters. The molecule has 1 aliphatic carbocycles. The maximum Gasteiger partial charge on any atom is 0.282 e. The highest BCUT2D eigenvalue weighted by Gasteiger charge is 2.22. The number of fused-ring (bicyclic) bond motifs is 1. The van der Waals surface area contributed by atoms with E-state index in [2.05, 4.69) is 21.0 Å². The first kappa shape index (κ1) is 23.3. The summed E-state index contributed by atoms with van der Waals surface area (Å²) in [6, 6.07) is 10.8. The topological polar surface area (TPSA) is 89.5 Å². The molecule has 1 fully saturated rings. The molecule has 0 spiro atoms. The first-order valence-electron chi connectivity index (χ1n) is 10.7. The van der Waals surface area contributed by atoms with E-state index < -0.39 is 0 Å². The van der Waals surface area contributed by atoms with Crippen LogP contribution < -0.4 is 15.0 Å². The van der Waals surface area contributed by atoms with E-state index in [0.29, 0.717) is 28.0 Å². The van der Waals surface area contributed by atoms with E-state index in [1.165, 1.54) is 18.2 Å². The summed E-state index contributed by atoms with van der Waals surface area (Å²) < 4.78 is 12.9. The molecule has 4 rings (SSSR count). The fourth-order valence-electron chi connectivity index (χ4n) is 4.09. The van der Waals surface area contributed by atoms with E-state index in [9.17, 15) is 4.79 Å². The van der Waals surface area contributed by atoms with Gasteiger partial charge in [0.15, 0.2) is 18.1 Å². The van der Waals surface area contributed by atoms with Crippen LogP contribution in [0.3, 0.4) is 0 Å². The summed E-state index contributed by atoms with van der Waals surface area (Å²) in [4.78, 5) is 18.3. The van der Waals surface area contributed by atoms with Crippen molar-refractivity contribution in [3.8, 4) is 17.6 Å². The highest BCUT2D eigenvalue weighted by atomic mass is 79.9. The highest BCUT2D eigenvalue weighted by molar-refractivity contribution is 9.10. The van der Waals surface area contributed by atoms with E-state index in [1.54, 1.807) is 24.4 Å². The maximum absolute atomic E-state index is 13.4. The Labute approximate surface area is 204 Å². The first-order chi connectivity index (χ1) is 16.0. The zero-order valence-electron chi connectivity index (χ0n) is 18.1. The van der Waals surface area contributed by atoms with Crippen molar-refractivity contribution in [1.29, 1.82) is 5.26 Å². The normalized spacial score (nSPS) is 14.5. The zero-order valence-corrected chi connectivity index (χ0v) is 20.4. The summed E-state index contributed by atoms with van der Waals surface area (Å²) in [6.45, 7) is -0.151. The number of hydrogen-bond acceptors (Lipinski definition) is 6. The Balaban J connectivity index is 1.80. The third kappa shape index (κ3) is 5.05. The van der Waals surface area contributed by atoms with Crippen LogP contribution in [-0.4, -0.2) is 29.6 Å². The van der Waals surface area contributed by atoms with Gasteiger partial charge >= 0.3 is 0 Å². The predicted octanol–water partition coefficient (Wildman–Crippen LogP) is 5.65. The molecular weight excluding hydrogens is 508 g/mol. The van der Waals surface area contributed by atoms with E-state index in [1.807, 2.05) is 18.2 Å². The third-order valence-electron chi connectivity index (χ3n) is 5.66. The summed E-state index contributed by atoms with van der Waals surface area (Å²) in [7, 11) is 1.49. The molecule has 1 aromatic heterocycles. The monoisotopic (exact) mass is 528 g/mol. The van der Waals surface area contributed by atoms with Gasteiger partial charge in [-0.2, -0.15) is 15.0 Å². The number of halogens is 2.